The molecule has 2 aromatic rings. The standard InChI is InChI=1S/C26H32O6Si/c1-3-17-29-25(27)31-19-11-21-33(23-13-7-5-8-14-23,24-15-9-6-10-16-24)22-12-20-32-26(28)30-18-4-2/h3-10,13-16H,1-2,11-12,17-22H2. The van der Waals surface area contributed by atoms with E-state index in [1.54, 1.807) is 0 Å². The van der Waals surface area contributed by atoms with Crippen LogP contribution in [0.2, 0.25) is 12.1 Å². The summed E-state index contributed by atoms with van der Waals surface area (Å²) in [5.41, 5.74) is 0. The van der Waals surface area contributed by atoms with Gasteiger partial charge in [0, 0.05) is 0 Å². The third kappa shape index (κ3) is 8.61. The number of carbonyl (C=O) groups is 2. The van der Waals surface area contributed by atoms with Gasteiger partial charge in [-0.05, 0) is 24.9 Å². The van der Waals surface area contributed by atoms with E-state index in [2.05, 4.69) is 37.4 Å². The van der Waals surface area contributed by atoms with Gasteiger partial charge in [0.25, 0.3) is 0 Å². The fourth-order valence-electron chi connectivity index (χ4n) is 3.78. The molecule has 0 atom stereocenters. The fourth-order valence-corrected chi connectivity index (χ4v) is 8.67. The van der Waals surface area contributed by atoms with Crippen LogP contribution in [-0.2, 0) is 18.9 Å². The van der Waals surface area contributed by atoms with E-state index in [1.807, 2.05) is 36.4 Å². The monoisotopic (exact) mass is 468 g/mol. The van der Waals surface area contributed by atoms with Gasteiger partial charge >= 0.3 is 12.3 Å². The zero-order chi connectivity index (χ0) is 23.8. The zero-order valence-electron chi connectivity index (χ0n) is 18.9. The Balaban J connectivity index is 2.14. The first kappa shape index (κ1) is 25.9. The molecule has 0 saturated carbocycles. The summed E-state index contributed by atoms with van der Waals surface area (Å²) in [6.07, 6.45) is 3.02. The normalized spacial score (nSPS) is 10.7. The molecule has 2 aromatic carbocycles. The SMILES string of the molecule is C=CCOC(=O)OCCC[Si](CCCOC(=O)OCC=C)(c1ccccc1)c1ccccc1. The van der Waals surface area contributed by atoms with Crippen LogP contribution in [0.3, 0.4) is 0 Å². The van der Waals surface area contributed by atoms with Crippen molar-refractivity contribution < 1.29 is 28.5 Å². The van der Waals surface area contributed by atoms with Crippen molar-refractivity contribution in [2.75, 3.05) is 26.4 Å². The topological polar surface area (TPSA) is 71.1 Å². The lowest BCUT2D eigenvalue weighted by Crippen LogP contribution is -2.58. The lowest BCUT2D eigenvalue weighted by atomic mass is 10.4. The zero-order valence-corrected chi connectivity index (χ0v) is 19.9. The average Bonchev–Trinajstić information content (AvgIpc) is 2.86. The van der Waals surface area contributed by atoms with Crippen molar-refractivity contribution in [3.05, 3.63) is 86.0 Å². The van der Waals surface area contributed by atoms with Gasteiger partial charge in [-0.1, -0.05) is 96.3 Å². The third-order valence-electron chi connectivity index (χ3n) is 5.23. The van der Waals surface area contributed by atoms with Crippen LogP contribution in [0.25, 0.3) is 0 Å². The van der Waals surface area contributed by atoms with Crippen molar-refractivity contribution in [2.24, 2.45) is 0 Å². The summed E-state index contributed by atoms with van der Waals surface area (Å²) in [5, 5.41) is 2.58. The molecule has 0 heterocycles. The highest BCUT2D eigenvalue weighted by atomic mass is 28.3. The van der Waals surface area contributed by atoms with Crippen LogP contribution < -0.4 is 10.4 Å². The number of benzene rings is 2. The summed E-state index contributed by atoms with van der Waals surface area (Å²) in [6.45, 7) is 7.83. The molecule has 176 valence electrons. The van der Waals surface area contributed by atoms with Gasteiger partial charge in [0.2, 0.25) is 0 Å². The highest BCUT2D eigenvalue weighted by Gasteiger charge is 2.36. The van der Waals surface area contributed by atoms with E-state index >= 15 is 0 Å². The van der Waals surface area contributed by atoms with E-state index in [0.717, 1.165) is 12.1 Å². The molecule has 0 fully saturated rings. The lowest BCUT2D eigenvalue weighted by Gasteiger charge is -2.33. The van der Waals surface area contributed by atoms with Gasteiger partial charge in [-0.15, -0.1) is 0 Å². The predicted molar refractivity (Wildman–Crippen MR) is 132 cm³/mol. The van der Waals surface area contributed by atoms with Crippen molar-refractivity contribution in [3.8, 4) is 0 Å². The summed E-state index contributed by atoms with van der Waals surface area (Å²) in [7, 11) is -2.24. The van der Waals surface area contributed by atoms with E-state index in [0.29, 0.717) is 12.8 Å². The molecule has 0 saturated heterocycles. The molecule has 0 aromatic heterocycles. The highest BCUT2D eigenvalue weighted by molar-refractivity contribution is 7.02. The van der Waals surface area contributed by atoms with Crippen LogP contribution in [0.5, 0.6) is 0 Å². The van der Waals surface area contributed by atoms with Gasteiger partial charge in [-0.25, -0.2) is 9.59 Å². The minimum Gasteiger partial charge on any atom is -0.434 e. The molecule has 33 heavy (non-hydrogen) atoms. The smallest absolute Gasteiger partial charge is 0.434 e. The van der Waals surface area contributed by atoms with Gasteiger partial charge in [0.15, 0.2) is 0 Å². The minimum absolute atomic E-state index is 0.126. The number of hydrogen-bond acceptors (Lipinski definition) is 6. The second-order valence-corrected chi connectivity index (χ2v) is 11.7. The molecular weight excluding hydrogens is 436 g/mol. The quantitative estimate of drug-likeness (QED) is 0.173. The van der Waals surface area contributed by atoms with Crippen LogP contribution in [0, 0.1) is 0 Å². The Labute approximate surface area is 196 Å². The third-order valence-corrected chi connectivity index (χ3v) is 10.5. The molecule has 0 spiro atoms. The van der Waals surface area contributed by atoms with Gasteiger partial charge < -0.3 is 18.9 Å². The second kappa shape index (κ2) is 14.7. The molecule has 0 amide bonds. The Morgan fingerprint density at radius 2 is 1.06 bits per heavy atom. The van der Waals surface area contributed by atoms with Crippen LogP contribution in [0.15, 0.2) is 86.0 Å². The summed E-state index contributed by atoms with van der Waals surface area (Å²) >= 11 is 0. The van der Waals surface area contributed by atoms with Crippen LogP contribution in [0.1, 0.15) is 12.8 Å². The predicted octanol–water partition coefficient (Wildman–Crippen LogP) is 4.71. The molecule has 7 heteroatoms. The van der Waals surface area contributed by atoms with Crippen LogP contribution in [-0.4, -0.2) is 46.8 Å². The lowest BCUT2D eigenvalue weighted by molar-refractivity contribution is 0.0628. The van der Waals surface area contributed by atoms with E-state index in [9.17, 15) is 9.59 Å². The fraction of sp³-hybridized carbons (Fsp3) is 0.308. The van der Waals surface area contributed by atoms with E-state index in [4.69, 9.17) is 18.9 Å². The van der Waals surface area contributed by atoms with E-state index < -0.39 is 20.4 Å². The number of rotatable bonds is 14. The van der Waals surface area contributed by atoms with Crippen LogP contribution >= 0.6 is 0 Å². The van der Waals surface area contributed by atoms with Crippen molar-refractivity contribution in [1.82, 2.24) is 0 Å². The minimum atomic E-state index is -2.24. The van der Waals surface area contributed by atoms with Crippen molar-refractivity contribution in [2.45, 2.75) is 24.9 Å². The molecule has 0 radical (unpaired) electrons. The second-order valence-electron chi connectivity index (χ2n) is 7.42. The Morgan fingerprint density at radius 3 is 1.42 bits per heavy atom. The number of hydrogen-bond donors (Lipinski definition) is 0. The number of ether oxygens (including phenoxy) is 4. The summed E-state index contributed by atoms with van der Waals surface area (Å²) < 4.78 is 20.2. The maximum atomic E-state index is 11.7. The van der Waals surface area contributed by atoms with Gasteiger partial charge in [0.1, 0.15) is 21.3 Å². The first-order valence-electron chi connectivity index (χ1n) is 11.0. The maximum Gasteiger partial charge on any atom is 0.508 e. The molecule has 0 bridgehead atoms. The van der Waals surface area contributed by atoms with Gasteiger partial charge in [-0.2, -0.15) is 0 Å². The van der Waals surface area contributed by atoms with Crippen molar-refractivity contribution in [1.29, 1.82) is 0 Å². The van der Waals surface area contributed by atoms with E-state index in [-0.39, 0.29) is 26.4 Å². The molecule has 0 aliphatic carbocycles. The summed E-state index contributed by atoms with van der Waals surface area (Å²) in [4.78, 5) is 23.3. The Kier molecular flexibility index (Phi) is 11.5. The molecule has 0 aliphatic heterocycles. The molecule has 0 N–H and O–H groups in total. The van der Waals surface area contributed by atoms with Gasteiger partial charge in [-0.3, -0.25) is 0 Å². The van der Waals surface area contributed by atoms with Crippen LogP contribution in [0.4, 0.5) is 9.59 Å². The highest BCUT2D eigenvalue weighted by Crippen LogP contribution is 2.21. The first-order valence-corrected chi connectivity index (χ1v) is 13.5. The van der Waals surface area contributed by atoms with Crippen molar-refractivity contribution >= 4 is 30.8 Å². The van der Waals surface area contributed by atoms with Crippen molar-refractivity contribution in [3.63, 3.8) is 0 Å². The Morgan fingerprint density at radius 1 is 0.667 bits per heavy atom. The molecule has 0 unspecified atom stereocenters. The average molecular weight is 469 g/mol. The summed E-state index contributed by atoms with van der Waals surface area (Å²) in [5.74, 6) is 0. The molecule has 0 aliphatic rings. The Hall–Kier alpha value is -3.32. The largest absolute Gasteiger partial charge is 0.508 e. The molecule has 2 rings (SSSR count). The number of carbonyl (C=O) groups excluding carboxylic acids is 2. The van der Waals surface area contributed by atoms with E-state index in [1.165, 1.54) is 22.5 Å². The summed E-state index contributed by atoms with van der Waals surface area (Å²) in [6, 6.07) is 22.6. The Bertz CT molecular complexity index is 795. The maximum absolute atomic E-state index is 11.7. The van der Waals surface area contributed by atoms with Gasteiger partial charge in [0.05, 0.1) is 13.2 Å². The first-order chi connectivity index (χ1) is 16.1. The molecular formula is C26H32O6Si. The molecule has 6 nitrogen and oxygen atoms in total.